The molecule has 0 aliphatic carbocycles. The highest BCUT2D eigenvalue weighted by molar-refractivity contribution is 6.03. The number of anilines is 1. The maximum Gasteiger partial charge on any atom is 0.201 e. The summed E-state index contributed by atoms with van der Waals surface area (Å²) in [5.74, 6) is 0.533. The van der Waals surface area contributed by atoms with E-state index < -0.39 is 0 Å². The lowest BCUT2D eigenvalue weighted by molar-refractivity contribution is 0.0752. The first-order valence-corrected chi connectivity index (χ1v) is 7.38. The first-order valence-electron chi connectivity index (χ1n) is 7.38. The van der Waals surface area contributed by atoms with E-state index in [1.807, 2.05) is 18.2 Å². The van der Waals surface area contributed by atoms with Crippen molar-refractivity contribution in [2.24, 2.45) is 0 Å². The van der Waals surface area contributed by atoms with Gasteiger partial charge in [-0.1, -0.05) is 18.2 Å². The first-order chi connectivity index (χ1) is 10.3. The molecule has 1 aromatic carbocycles. The van der Waals surface area contributed by atoms with Gasteiger partial charge in [-0.05, 0) is 25.8 Å². The predicted octanol–water partition coefficient (Wildman–Crippen LogP) is 2.91. The number of nitrogens with two attached hydrogens (primary N) is 1. The number of nitrogen functional groups attached to an aromatic ring is 1. The lowest BCUT2D eigenvalue weighted by atomic mass is 10.1. The molecule has 1 aliphatic heterocycles. The number of hydrogen-bond donors (Lipinski definition) is 1. The Morgan fingerprint density at radius 1 is 1.33 bits per heavy atom. The topological polar surface area (TPSA) is 66.0 Å². The quantitative estimate of drug-likeness (QED) is 0.785. The number of hydrogen-bond acceptors (Lipinski definition) is 4. The third kappa shape index (κ3) is 1.88. The summed E-state index contributed by atoms with van der Waals surface area (Å²) in [6.07, 6.45) is 4.19. The summed E-state index contributed by atoms with van der Waals surface area (Å²) in [6, 6.07) is 8.27. The lowest BCUT2D eigenvalue weighted by Gasteiger charge is -2.22. The fraction of sp³-hybridized carbons (Fsp3) is 0.375. The minimum absolute atomic E-state index is 0.170. The van der Waals surface area contributed by atoms with Gasteiger partial charge in [0.1, 0.15) is 5.52 Å². The lowest BCUT2D eigenvalue weighted by Crippen LogP contribution is -2.22. The van der Waals surface area contributed by atoms with E-state index >= 15 is 0 Å². The average molecular weight is 282 g/mol. The van der Waals surface area contributed by atoms with Crippen molar-refractivity contribution < 1.29 is 4.74 Å². The van der Waals surface area contributed by atoms with Crippen molar-refractivity contribution >= 4 is 27.9 Å². The molecule has 0 spiro atoms. The Morgan fingerprint density at radius 2 is 2.19 bits per heavy atom. The normalized spacial score (nSPS) is 20.3. The Hall–Kier alpha value is -2.14. The summed E-state index contributed by atoms with van der Waals surface area (Å²) in [6.45, 7) is 2.99. The van der Waals surface area contributed by atoms with E-state index in [-0.39, 0.29) is 12.1 Å². The molecule has 2 unspecified atom stereocenters. The molecule has 5 nitrogen and oxygen atoms in total. The van der Waals surface area contributed by atoms with Crippen LogP contribution in [-0.2, 0) is 4.74 Å². The van der Waals surface area contributed by atoms with Crippen LogP contribution in [0.3, 0.4) is 0 Å². The number of aromatic nitrogens is 3. The molecule has 4 rings (SSSR count). The minimum atomic E-state index is 0.170. The third-order valence-electron chi connectivity index (χ3n) is 4.36. The number of benzene rings is 1. The fourth-order valence-electron chi connectivity index (χ4n) is 3.30. The molecular formula is C16H18N4O. The average Bonchev–Trinajstić information content (AvgIpc) is 3.13. The molecule has 1 saturated heterocycles. The largest absolute Gasteiger partial charge is 0.376 e. The van der Waals surface area contributed by atoms with Gasteiger partial charge in [-0.15, -0.1) is 0 Å². The zero-order valence-electron chi connectivity index (χ0n) is 12.0. The summed E-state index contributed by atoms with van der Waals surface area (Å²) in [7, 11) is 0. The minimum Gasteiger partial charge on any atom is -0.376 e. The van der Waals surface area contributed by atoms with Gasteiger partial charge >= 0.3 is 0 Å². The first kappa shape index (κ1) is 12.6. The van der Waals surface area contributed by atoms with E-state index in [0.29, 0.717) is 5.95 Å². The van der Waals surface area contributed by atoms with Crippen molar-refractivity contribution in [2.75, 3.05) is 12.3 Å². The van der Waals surface area contributed by atoms with Crippen LogP contribution in [0.5, 0.6) is 0 Å². The van der Waals surface area contributed by atoms with Gasteiger partial charge in [0.05, 0.1) is 29.4 Å². The molecule has 0 saturated carbocycles. The number of para-hydroxylation sites is 1. The predicted molar refractivity (Wildman–Crippen MR) is 83.1 cm³/mol. The number of pyridine rings is 1. The molecule has 108 valence electrons. The molecule has 3 heterocycles. The molecule has 0 bridgehead atoms. The molecule has 1 aliphatic rings. The van der Waals surface area contributed by atoms with Gasteiger partial charge < -0.3 is 15.0 Å². The van der Waals surface area contributed by atoms with Crippen LogP contribution in [0.15, 0.2) is 30.5 Å². The Bertz CT molecular complexity index is 804. The van der Waals surface area contributed by atoms with E-state index in [0.717, 1.165) is 41.4 Å². The molecule has 5 heteroatoms. The standard InChI is InChI=1S/C16H18N4O/c1-10(14-7-4-8-21-14)20-15-11-5-2-3-6-12(11)18-9-13(15)19-16(20)17/h2-3,5-6,9-10,14H,4,7-8H2,1H3,(H2,17,19). The maximum absolute atomic E-state index is 6.18. The second kappa shape index (κ2) is 4.70. The second-order valence-electron chi connectivity index (χ2n) is 5.64. The zero-order chi connectivity index (χ0) is 14.4. The summed E-state index contributed by atoms with van der Waals surface area (Å²) < 4.78 is 7.94. The van der Waals surface area contributed by atoms with Gasteiger partial charge in [0, 0.05) is 12.0 Å². The fourth-order valence-corrected chi connectivity index (χ4v) is 3.30. The molecular weight excluding hydrogens is 264 g/mol. The Balaban J connectivity index is 1.98. The SMILES string of the molecule is CC(C1CCCO1)n1c(N)nc2cnc3ccccc3c21. The van der Waals surface area contributed by atoms with Gasteiger partial charge in [0.25, 0.3) is 0 Å². The summed E-state index contributed by atoms with van der Waals surface area (Å²) >= 11 is 0. The molecule has 1 fully saturated rings. The van der Waals surface area contributed by atoms with Crippen LogP contribution >= 0.6 is 0 Å². The van der Waals surface area contributed by atoms with E-state index in [2.05, 4.69) is 27.5 Å². The van der Waals surface area contributed by atoms with Gasteiger partial charge in [-0.25, -0.2) is 4.98 Å². The van der Waals surface area contributed by atoms with Gasteiger partial charge in [0.2, 0.25) is 5.95 Å². The Kier molecular flexibility index (Phi) is 2.82. The smallest absolute Gasteiger partial charge is 0.201 e. The second-order valence-corrected chi connectivity index (χ2v) is 5.64. The molecule has 0 amide bonds. The van der Waals surface area contributed by atoms with Gasteiger partial charge in [-0.2, -0.15) is 0 Å². The van der Waals surface area contributed by atoms with E-state index in [1.54, 1.807) is 6.20 Å². The molecule has 2 aromatic heterocycles. The van der Waals surface area contributed by atoms with Crippen molar-refractivity contribution in [3.63, 3.8) is 0 Å². The van der Waals surface area contributed by atoms with Crippen molar-refractivity contribution in [2.45, 2.75) is 31.9 Å². The molecule has 2 N–H and O–H groups in total. The van der Waals surface area contributed by atoms with Crippen LogP contribution in [-0.4, -0.2) is 27.2 Å². The van der Waals surface area contributed by atoms with Crippen LogP contribution in [0.1, 0.15) is 25.8 Å². The molecule has 0 radical (unpaired) electrons. The van der Waals surface area contributed by atoms with Crippen molar-refractivity contribution in [3.05, 3.63) is 30.5 Å². The number of nitrogens with zero attached hydrogens (tertiary/aromatic N) is 3. The summed E-state index contributed by atoms with van der Waals surface area (Å²) in [5.41, 5.74) is 9.05. The van der Waals surface area contributed by atoms with E-state index in [4.69, 9.17) is 10.5 Å². The highest BCUT2D eigenvalue weighted by atomic mass is 16.5. The van der Waals surface area contributed by atoms with Crippen LogP contribution in [0, 0.1) is 0 Å². The number of rotatable bonds is 2. The van der Waals surface area contributed by atoms with Crippen molar-refractivity contribution in [1.29, 1.82) is 0 Å². The zero-order valence-corrected chi connectivity index (χ0v) is 12.0. The number of imidazole rings is 1. The monoisotopic (exact) mass is 282 g/mol. The van der Waals surface area contributed by atoms with Crippen LogP contribution < -0.4 is 5.73 Å². The van der Waals surface area contributed by atoms with Crippen LogP contribution in [0.25, 0.3) is 21.9 Å². The van der Waals surface area contributed by atoms with E-state index in [1.165, 1.54) is 0 Å². The Morgan fingerprint density at radius 3 is 3.00 bits per heavy atom. The van der Waals surface area contributed by atoms with E-state index in [9.17, 15) is 0 Å². The highest BCUT2D eigenvalue weighted by Gasteiger charge is 2.27. The van der Waals surface area contributed by atoms with Crippen molar-refractivity contribution in [1.82, 2.24) is 14.5 Å². The number of fused-ring (bicyclic) bond motifs is 3. The van der Waals surface area contributed by atoms with Crippen LogP contribution in [0.4, 0.5) is 5.95 Å². The molecule has 21 heavy (non-hydrogen) atoms. The van der Waals surface area contributed by atoms with Gasteiger partial charge in [-0.3, -0.25) is 4.98 Å². The summed E-state index contributed by atoms with van der Waals surface area (Å²) in [5, 5.41) is 1.09. The summed E-state index contributed by atoms with van der Waals surface area (Å²) in [4.78, 5) is 8.94. The van der Waals surface area contributed by atoms with Crippen molar-refractivity contribution in [3.8, 4) is 0 Å². The highest BCUT2D eigenvalue weighted by Crippen LogP contribution is 2.32. The number of ether oxygens (including phenoxy) is 1. The maximum atomic E-state index is 6.18. The Labute approximate surface area is 122 Å². The molecule has 2 atom stereocenters. The molecule has 3 aromatic rings. The van der Waals surface area contributed by atoms with Crippen LogP contribution in [0.2, 0.25) is 0 Å². The third-order valence-corrected chi connectivity index (χ3v) is 4.36. The van der Waals surface area contributed by atoms with Gasteiger partial charge in [0.15, 0.2) is 0 Å².